The van der Waals surface area contributed by atoms with Crippen LogP contribution in [0.15, 0.2) is 48.5 Å². The predicted molar refractivity (Wildman–Crippen MR) is 202 cm³/mol. The third-order valence-corrected chi connectivity index (χ3v) is 10.5. The minimum atomic E-state index is -0.380. The van der Waals surface area contributed by atoms with Crippen LogP contribution >= 0.6 is 55.0 Å². The minimum Gasteiger partial charge on any atom is -0.396 e. The van der Waals surface area contributed by atoms with Crippen molar-refractivity contribution in [3.63, 3.8) is 0 Å². The van der Waals surface area contributed by atoms with Crippen LogP contribution in [0.1, 0.15) is 75.3 Å². The number of carbonyl (C=O) groups is 3. The smallest absolute Gasteiger partial charge is 0.233 e. The summed E-state index contributed by atoms with van der Waals surface area (Å²) in [5.74, 6) is 0.687. The number of likely N-dealkylation sites (tertiary alicyclic amines) is 2. The van der Waals surface area contributed by atoms with E-state index in [4.69, 9.17) is 46.4 Å². The lowest BCUT2D eigenvalue weighted by molar-refractivity contribution is -0.144. The van der Waals surface area contributed by atoms with Crippen LogP contribution in [0.25, 0.3) is 0 Å². The molecule has 4 aliphatic rings. The number of aliphatic hydroxyl groups excluding tert-OH is 1. The van der Waals surface area contributed by atoms with E-state index in [9.17, 15) is 19.5 Å². The second-order valence-electron chi connectivity index (χ2n) is 13.2. The summed E-state index contributed by atoms with van der Waals surface area (Å²) in [4.78, 5) is 41.0. The van der Waals surface area contributed by atoms with E-state index in [1.807, 2.05) is 58.3 Å². The Hall–Kier alpha value is -1.40. The number of hydrogen-bond acceptors (Lipinski definition) is 4. The van der Waals surface area contributed by atoms with Gasteiger partial charge in [-0.3, -0.25) is 9.59 Å². The van der Waals surface area contributed by atoms with Crippen LogP contribution in [0, 0.1) is 11.8 Å². The van der Waals surface area contributed by atoms with Crippen molar-refractivity contribution in [2.75, 3.05) is 51.5 Å². The minimum absolute atomic E-state index is 0.00467. The van der Waals surface area contributed by atoms with E-state index in [0.29, 0.717) is 23.1 Å². The van der Waals surface area contributed by atoms with Crippen molar-refractivity contribution >= 4 is 73.1 Å². The summed E-state index contributed by atoms with van der Waals surface area (Å²) >= 11 is 21.4. The number of hydrogen-bond donors (Lipinski definition) is 1. The number of rotatable bonds is 6. The standard InChI is InChI=1S/C17H22ClNO2.C17H20ClNO2.C2H7P.CH2Cl2/c2*18-15-6-4-14(5-7-15)17(8-2-9-17)16(21)19-10-1-3-13(11-19)12-20;1-3-2;2-1-3/h4-7,13,20H,1-3,8-12H2;4-7,12-13H,1-3,8-11H2;3H,1-2H3;1H2. The summed E-state index contributed by atoms with van der Waals surface area (Å²) < 4.78 is 0. The normalized spacial score (nSPS) is 22.1. The number of alkyl halides is 2. The van der Waals surface area contributed by atoms with E-state index < -0.39 is 0 Å². The van der Waals surface area contributed by atoms with Crippen molar-refractivity contribution in [2.24, 2.45) is 11.8 Å². The highest BCUT2D eigenvalue weighted by Crippen LogP contribution is 2.47. The van der Waals surface area contributed by atoms with Gasteiger partial charge in [0, 0.05) is 48.7 Å². The number of benzene rings is 2. The number of aldehydes is 1. The van der Waals surface area contributed by atoms with Crippen molar-refractivity contribution < 1.29 is 19.5 Å². The molecule has 1 N–H and O–H groups in total. The van der Waals surface area contributed by atoms with Gasteiger partial charge in [-0.1, -0.05) is 60.3 Å². The molecule has 0 aromatic heterocycles. The zero-order chi connectivity index (χ0) is 35.2. The Morgan fingerprint density at radius 1 is 0.771 bits per heavy atom. The zero-order valence-corrected chi connectivity index (χ0v) is 32.3. The van der Waals surface area contributed by atoms with E-state index in [1.165, 1.54) is 0 Å². The molecule has 11 heteroatoms. The monoisotopic (exact) mass is 758 g/mol. The molecular weight excluding hydrogens is 709 g/mol. The molecule has 2 aliphatic heterocycles. The third kappa shape index (κ3) is 10.3. The van der Waals surface area contributed by atoms with E-state index in [-0.39, 0.29) is 46.4 Å². The lowest BCUT2D eigenvalue weighted by Gasteiger charge is -2.45. The first-order chi connectivity index (χ1) is 23.1. The second-order valence-corrected chi connectivity index (χ2v) is 15.9. The maximum absolute atomic E-state index is 13.1. The lowest BCUT2D eigenvalue weighted by atomic mass is 9.63. The lowest BCUT2D eigenvalue weighted by Crippen LogP contribution is -2.53. The van der Waals surface area contributed by atoms with Gasteiger partial charge in [0.25, 0.3) is 0 Å². The van der Waals surface area contributed by atoms with Crippen LogP contribution in [0.4, 0.5) is 0 Å². The largest absolute Gasteiger partial charge is 0.396 e. The number of aliphatic hydroxyl groups is 1. The van der Waals surface area contributed by atoms with Crippen LogP contribution in [0.2, 0.25) is 10.0 Å². The number of halogens is 4. The molecular formula is C37H51Cl4N2O4P. The molecule has 0 bridgehead atoms. The topological polar surface area (TPSA) is 77.9 Å². The first-order valence-electron chi connectivity index (χ1n) is 17.0. The van der Waals surface area contributed by atoms with Crippen LogP contribution in [0.3, 0.4) is 0 Å². The Morgan fingerprint density at radius 2 is 1.17 bits per heavy atom. The Bertz CT molecular complexity index is 1290. The highest BCUT2D eigenvalue weighted by molar-refractivity contribution is 7.35. The van der Waals surface area contributed by atoms with Gasteiger partial charge in [0.05, 0.1) is 16.2 Å². The maximum atomic E-state index is 13.1. The first kappa shape index (κ1) is 41.0. The SMILES string of the molecule is CPC.ClCCl.O=C(N1CCCC(CO)C1)C1(c2ccc(Cl)cc2)CCC1.O=CC1CCCN(C(=O)C2(c3ccc(Cl)cc3)CCC2)C1. The third-order valence-electron chi connectivity index (χ3n) is 10.0. The van der Waals surface area contributed by atoms with Crippen LogP contribution in [0.5, 0.6) is 0 Å². The van der Waals surface area contributed by atoms with Crippen molar-refractivity contribution in [2.45, 2.75) is 75.0 Å². The van der Waals surface area contributed by atoms with Gasteiger partial charge in [-0.2, -0.15) is 0 Å². The van der Waals surface area contributed by atoms with Crippen LogP contribution in [-0.2, 0) is 25.2 Å². The summed E-state index contributed by atoms with van der Waals surface area (Å²) in [7, 11) is 1.08. The number of amides is 2. The highest BCUT2D eigenvalue weighted by atomic mass is 35.5. The van der Waals surface area contributed by atoms with Gasteiger partial charge in [-0.05, 0) is 106 Å². The van der Waals surface area contributed by atoms with Gasteiger partial charge in [0.15, 0.2) is 0 Å². The Labute approximate surface area is 309 Å². The van der Waals surface area contributed by atoms with Gasteiger partial charge in [0.1, 0.15) is 6.29 Å². The number of nitrogens with zero attached hydrogens (tertiary/aromatic N) is 2. The second kappa shape index (κ2) is 20.4. The Balaban J connectivity index is 0.000000224. The summed E-state index contributed by atoms with van der Waals surface area (Å²) in [5, 5.41) is 11.0. The average molecular weight is 761 g/mol. The van der Waals surface area contributed by atoms with Crippen molar-refractivity contribution in [1.29, 1.82) is 0 Å². The summed E-state index contributed by atoms with van der Waals surface area (Å²) in [6, 6.07) is 15.4. The summed E-state index contributed by atoms with van der Waals surface area (Å²) in [6.07, 6.45) is 10.7. The molecule has 266 valence electrons. The van der Waals surface area contributed by atoms with Gasteiger partial charge in [0.2, 0.25) is 11.8 Å². The molecule has 2 saturated carbocycles. The van der Waals surface area contributed by atoms with Crippen LogP contribution in [-0.4, -0.2) is 84.5 Å². The molecule has 48 heavy (non-hydrogen) atoms. The maximum Gasteiger partial charge on any atom is 0.233 e. The predicted octanol–water partition coefficient (Wildman–Crippen LogP) is 8.54. The van der Waals surface area contributed by atoms with E-state index in [1.54, 1.807) is 0 Å². The molecule has 2 heterocycles. The molecule has 2 atom stereocenters. The highest BCUT2D eigenvalue weighted by Gasteiger charge is 2.49. The van der Waals surface area contributed by atoms with Gasteiger partial charge < -0.3 is 19.7 Å². The molecule has 2 aromatic rings. The van der Waals surface area contributed by atoms with E-state index in [2.05, 4.69) is 13.3 Å². The van der Waals surface area contributed by atoms with Gasteiger partial charge >= 0.3 is 0 Å². The summed E-state index contributed by atoms with van der Waals surface area (Å²) in [5.41, 5.74) is 1.43. The molecule has 0 spiro atoms. The van der Waals surface area contributed by atoms with Crippen molar-refractivity contribution in [3.8, 4) is 0 Å². The Kier molecular flexibility index (Phi) is 17.5. The fraction of sp³-hybridized carbons (Fsp3) is 0.595. The summed E-state index contributed by atoms with van der Waals surface area (Å²) in [6.45, 7) is 7.36. The van der Waals surface area contributed by atoms with Gasteiger partial charge in [-0.15, -0.1) is 31.8 Å². The number of carbonyl (C=O) groups excluding carboxylic acids is 3. The van der Waals surface area contributed by atoms with Crippen molar-refractivity contribution in [3.05, 3.63) is 69.7 Å². The molecule has 2 amide bonds. The number of piperidine rings is 2. The van der Waals surface area contributed by atoms with E-state index in [0.717, 1.165) is 103 Å². The van der Waals surface area contributed by atoms with Crippen LogP contribution < -0.4 is 0 Å². The molecule has 2 saturated heterocycles. The average Bonchev–Trinajstić information content (AvgIpc) is 3.06. The first-order valence-corrected chi connectivity index (χ1v) is 20.8. The van der Waals surface area contributed by atoms with Crippen molar-refractivity contribution in [1.82, 2.24) is 9.80 Å². The molecule has 2 aliphatic carbocycles. The quantitative estimate of drug-likeness (QED) is 0.182. The molecule has 0 radical (unpaired) electrons. The molecule has 6 nitrogen and oxygen atoms in total. The zero-order valence-electron chi connectivity index (χ0n) is 28.2. The molecule has 4 fully saturated rings. The van der Waals surface area contributed by atoms with Gasteiger partial charge in [-0.25, -0.2) is 0 Å². The molecule has 2 unspecified atom stereocenters. The molecule has 6 rings (SSSR count). The Morgan fingerprint density at radius 3 is 1.52 bits per heavy atom. The fourth-order valence-corrected chi connectivity index (χ4v) is 7.41. The fourth-order valence-electron chi connectivity index (χ4n) is 7.16. The van der Waals surface area contributed by atoms with E-state index >= 15 is 0 Å². The molecule has 2 aromatic carbocycles.